The summed E-state index contributed by atoms with van der Waals surface area (Å²) in [7, 11) is 0. The molecule has 0 aromatic heterocycles. The van der Waals surface area contributed by atoms with Gasteiger partial charge in [-0.2, -0.15) is 0 Å². The Morgan fingerprint density at radius 3 is 2.22 bits per heavy atom. The number of halogens is 1. The van der Waals surface area contributed by atoms with Crippen LogP contribution in [0.1, 0.15) is 48.9 Å². The molecule has 1 saturated carbocycles. The maximum Gasteiger partial charge on any atom is 0.254 e. The van der Waals surface area contributed by atoms with Gasteiger partial charge in [0.15, 0.2) is 0 Å². The molecule has 2 aliphatic rings. The molecule has 0 spiro atoms. The van der Waals surface area contributed by atoms with Crippen LogP contribution in [-0.4, -0.2) is 48.3 Å². The molecule has 146 valence electrons. The summed E-state index contributed by atoms with van der Waals surface area (Å²) in [6.07, 6.45) is 5.67. The van der Waals surface area contributed by atoms with E-state index < -0.39 is 6.04 Å². The van der Waals surface area contributed by atoms with E-state index in [-0.39, 0.29) is 23.6 Å². The molecule has 0 radical (unpaired) electrons. The van der Waals surface area contributed by atoms with Crippen LogP contribution in [0.5, 0.6) is 0 Å². The monoisotopic (exact) mass is 435 g/mol. The molecule has 6 nitrogen and oxygen atoms in total. The Kier molecular flexibility index (Phi) is 6.88. The van der Waals surface area contributed by atoms with Crippen molar-refractivity contribution in [1.82, 2.24) is 15.5 Å². The van der Waals surface area contributed by atoms with Crippen LogP contribution in [0.25, 0.3) is 0 Å². The number of carbonyl (C=O) groups excluding carboxylic acids is 3. The summed E-state index contributed by atoms with van der Waals surface area (Å²) in [5.74, 6) is -0.0352. The third-order valence-corrected chi connectivity index (χ3v) is 5.89. The lowest BCUT2D eigenvalue weighted by atomic mass is 10.1. The zero-order valence-corrected chi connectivity index (χ0v) is 17.0. The molecule has 1 atom stereocenters. The van der Waals surface area contributed by atoms with E-state index in [1.165, 1.54) is 0 Å². The minimum absolute atomic E-state index is 0.0923. The molecule has 27 heavy (non-hydrogen) atoms. The minimum Gasteiger partial charge on any atom is -0.354 e. The third-order valence-electron chi connectivity index (χ3n) is 5.36. The topological polar surface area (TPSA) is 78.5 Å². The first kappa shape index (κ1) is 19.9. The molecule has 1 aliphatic carbocycles. The van der Waals surface area contributed by atoms with Crippen molar-refractivity contribution in [2.24, 2.45) is 5.92 Å². The van der Waals surface area contributed by atoms with Crippen molar-refractivity contribution in [3.63, 3.8) is 0 Å². The Labute approximate surface area is 168 Å². The summed E-state index contributed by atoms with van der Waals surface area (Å²) in [6.45, 7) is 1.40. The predicted molar refractivity (Wildman–Crippen MR) is 106 cm³/mol. The number of rotatable bonds is 6. The van der Waals surface area contributed by atoms with Crippen LogP contribution in [0.4, 0.5) is 0 Å². The van der Waals surface area contributed by atoms with Gasteiger partial charge in [-0.3, -0.25) is 14.4 Å². The first-order valence-corrected chi connectivity index (χ1v) is 10.5. The molecule has 0 unspecified atom stereocenters. The molecule has 1 aromatic rings. The fraction of sp³-hybridized carbons (Fsp3) is 0.550. The molecule has 0 bridgehead atoms. The summed E-state index contributed by atoms with van der Waals surface area (Å²) >= 11 is 3.36. The van der Waals surface area contributed by atoms with E-state index >= 15 is 0 Å². The second kappa shape index (κ2) is 9.35. The van der Waals surface area contributed by atoms with Gasteiger partial charge in [0.25, 0.3) is 5.91 Å². The lowest BCUT2D eigenvalue weighted by Crippen LogP contribution is -2.47. The van der Waals surface area contributed by atoms with Crippen molar-refractivity contribution in [1.29, 1.82) is 0 Å². The van der Waals surface area contributed by atoms with Crippen molar-refractivity contribution in [3.05, 3.63) is 34.3 Å². The summed E-state index contributed by atoms with van der Waals surface area (Å²) in [6, 6.07) is 6.74. The Morgan fingerprint density at radius 1 is 0.926 bits per heavy atom. The predicted octanol–water partition coefficient (Wildman–Crippen LogP) is 2.48. The van der Waals surface area contributed by atoms with Gasteiger partial charge in [-0.25, -0.2) is 0 Å². The second-order valence-electron chi connectivity index (χ2n) is 7.23. The van der Waals surface area contributed by atoms with Crippen LogP contribution >= 0.6 is 15.9 Å². The van der Waals surface area contributed by atoms with Gasteiger partial charge in [0, 0.05) is 35.6 Å². The average molecular weight is 436 g/mol. The lowest BCUT2D eigenvalue weighted by molar-refractivity contribution is -0.126. The highest BCUT2D eigenvalue weighted by Crippen LogP contribution is 2.24. The lowest BCUT2D eigenvalue weighted by Gasteiger charge is -2.24. The molecule has 3 amide bonds. The Morgan fingerprint density at radius 2 is 1.56 bits per heavy atom. The number of amides is 3. The van der Waals surface area contributed by atoms with E-state index in [0.717, 1.165) is 36.6 Å². The summed E-state index contributed by atoms with van der Waals surface area (Å²) in [5, 5.41) is 5.76. The Balaban J connectivity index is 1.46. The van der Waals surface area contributed by atoms with Crippen molar-refractivity contribution < 1.29 is 14.4 Å². The fourth-order valence-corrected chi connectivity index (χ4v) is 4.13. The molecule has 2 fully saturated rings. The van der Waals surface area contributed by atoms with E-state index in [4.69, 9.17) is 0 Å². The number of hydrogen-bond donors (Lipinski definition) is 2. The normalized spacial score (nSPS) is 19.9. The van der Waals surface area contributed by atoms with Gasteiger partial charge >= 0.3 is 0 Å². The van der Waals surface area contributed by atoms with Crippen LogP contribution in [0.3, 0.4) is 0 Å². The molecule has 1 saturated heterocycles. The van der Waals surface area contributed by atoms with Crippen LogP contribution in [0, 0.1) is 5.92 Å². The maximum atomic E-state index is 12.7. The van der Waals surface area contributed by atoms with Gasteiger partial charge in [-0.1, -0.05) is 28.8 Å². The molecule has 1 heterocycles. The van der Waals surface area contributed by atoms with Gasteiger partial charge in [0.1, 0.15) is 6.04 Å². The molecule has 1 aromatic carbocycles. The fourth-order valence-electron chi connectivity index (χ4n) is 3.86. The van der Waals surface area contributed by atoms with Crippen LogP contribution < -0.4 is 10.6 Å². The molecule has 7 heteroatoms. The smallest absolute Gasteiger partial charge is 0.254 e. The molecule has 2 N–H and O–H groups in total. The summed E-state index contributed by atoms with van der Waals surface area (Å²) in [5.41, 5.74) is 0.585. The minimum atomic E-state index is -0.438. The van der Waals surface area contributed by atoms with Crippen molar-refractivity contribution in [3.8, 4) is 0 Å². The Bertz CT molecular complexity index is 686. The van der Waals surface area contributed by atoms with Gasteiger partial charge < -0.3 is 15.5 Å². The molecular formula is C20H26BrN3O3. The highest BCUT2D eigenvalue weighted by Gasteiger charge is 2.34. The van der Waals surface area contributed by atoms with E-state index in [1.54, 1.807) is 17.0 Å². The largest absolute Gasteiger partial charge is 0.354 e. The van der Waals surface area contributed by atoms with Crippen molar-refractivity contribution >= 4 is 33.7 Å². The quantitative estimate of drug-likeness (QED) is 0.673. The van der Waals surface area contributed by atoms with Gasteiger partial charge in [-0.05, 0) is 49.9 Å². The van der Waals surface area contributed by atoms with E-state index in [1.807, 2.05) is 12.1 Å². The highest BCUT2D eigenvalue weighted by molar-refractivity contribution is 9.10. The number of nitrogens with zero attached hydrogens (tertiary/aromatic N) is 1. The van der Waals surface area contributed by atoms with Crippen LogP contribution in [-0.2, 0) is 9.59 Å². The van der Waals surface area contributed by atoms with Gasteiger partial charge in [0.2, 0.25) is 11.8 Å². The van der Waals surface area contributed by atoms with Crippen molar-refractivity contribution in [2.75, 3.05) is 19.6 Å². The second-order valence-corrected chi connectivity index (χ2v) is 8.14. The SMILES string of the molecule is O=C(NCCNC(=O)[C@@H]1CCCN1C(=O)c1ccc(Br)cc1)C1CCCC1. The zero-order chi connectivity index (χ0) is 19.2. The number of nitrogens with one attached hydrogen (secondary N) is 2. The number of carbonyl (C=O) groups is 3. The number of benzene rings is 1. The maximum absolute atomic E-state index is 12.7. The van der Waals surface area contributed by atoms with Crippen molar-refractivity contribution in [2.45, 2.75) is 44.6 Å². The first-order chi connectivity index (χ1) is 13.1. The van der Waals surface area contributed by atoms with Crippen LogP contribution in [0.15, 0.2) is 28.7 Å². The molecule has 1 aliphatic heterocycles. The summed E-state index contributed by atoms with van der Waals surface area (Å²) in [4.78, 5) is 38.9. The number of likely N-dealkylation sites (tertiary alicyclic amines) is 1. The average Bonchev–Trinajstić information content (AvgIpc) is 3.36. The zero-order valence-electron chi connectivity index (χ0n) is 15.4. The summed E-state index contributed by atoms with van der Waals surface area (Å²) < 4.78 is 0.911. The van der Waals surface area contributed by atoms with E-state index in [0.29, 0.717) is 31.6 Å². The standard InChI is InChI=1S/C20H26BrN3O3/c21-16-9-7-15(8-10-16)20(27)24-13-3-6-17(24)19(26)23-12-11-22-18(25)14-4-1-2-5-14/h7-10,14,17H,1-6,11-13H2,(H,22,25)(H,23,26)/t17-/m0/s1. The third kappa shape index (κ3) is 5.09. The number of hydrogen-bond acceptors (Lipinski definition) is 3. The first-order valence-electron chi connectivity index (χ1n) is 9.68. The van der Waals surface area contributed by atoms with E-state index in [2.05, 4.69) is 26.6 Å². The van der Waals surface area contributed by atoms with Gasteiger partial charge in [-0.15, -0.1) is 0 Å². The molecular weight excluding hydrogens is 410 g/mol. The highest BCUT2D eigenvalue weighted by atomic mass is 79.9. The Hall–Kier alpha value is -1.89. The van der Waals surface area contributed by atoms with Crippen LogP contribution in [0.2, 0.25) is 0 Å². The van der Waals surface area contributed by atoms with E-state index in [9.17, 15) is 14.4 Å². The van der Waals surface area contributed by atoms with Gasteiger partial charge in [0.05, 0.1) is 0 Å². The molecule has 3 rings (SSSR count).